The van der Waals surface area contributed by atoms with Crippen molar-refractivity contribution < 1.29 is 19.1 Å². The second-order valence-corrected chi connectivity index (χ2v) is 4.25. The summed E-state index contributed by atoms with van der Waals surface area (Å²) in [5.74, 6) is 0.000433. The van der Waals surface area contributed by atoms with Crippen LogP contribution in [-0.4, -0.2) is 11.1 Å². The molecule has 1 aromatic carbocycles. The standard InChI is InChI=1S/C14H14O4/c1-9(2)10-3-5-11(6-4-10)17-13-8-7-12(18-13)14(15)16/h3-9H,1-2H3,(H,15,16). The molecule has 4 nitrogen and oxygen atoms in total. The normalized spacial score (nSPS) is 10.6. The van der Waals surface area contributed by atoms with Crippen LogP contribution in [0.2, 0.25) is 0 Å². The highest BCUT2D eigenvalue weighted by Gasteiger charge is 2.10. The van der Waals surface area contributed by atoms with E-state index in [1.54, 1.807) is 0 Å². The number of furan rings is 1. The molecule has 0 amide bonds. The van der Waals surface area contributed by atoms with Crippen LogP contribution in [0.3, 0.4) is 0 Å². The highest BCUT2D eigenvalue weighted by atomic mass is 16.6. The zero-order valence-electron chi connectivity index (χ0n) is 10.2. The summed E-state index contributed by atoms with van der Waals surface area (Å²) in [5.41, 5.74) is 1.22. The summed E-state index contributed by atoms with van der Waals surface area (Å²) in [6.45, 7) is 4.23. The van der Waals surface area contributed by atoms with E-state index < -0.39 is 5.97 Å². The van der Waals surface area contributed by atoms with Crippen LogP contribution in [0.4, 0.5) is 0 Å². The molecule has 0 fully saturated rings. The number of carboxylic acids is 1. The van der Waals surface area contributed by atoms with Crippen molar-refractivity contribution in [2.45, 2.75) is 19.8 Å². The van der Waals surface area contributed by atoms with Crippen LogP contribution >= 0.6 is 0 Å². The monoisotopic (exact) mass is 246 g/mol. The highest BCUT2D eigenvalue weighted by molar-refractivity contribution is 5.84. The Kier molecular flexibility index (Phi) is 3.37. The zero-order valence-corrected chi connectivity index (χ0v) is 10.2. The van der Waals surface area contributed by atoms with E-state index in [-0.39, 0.29) is 11.7 Å². The second-order valence-electron chi connectivity index (χ2n) is 4.25. The van der Waals surface area contributed by atoms with Gasteiger partial charge in [-0.2, -0.15) is 0 Å². The van der Waals surface area contributed by atoms with Gasteiger partial charge in [-0.05, 0) is 29.7 Å². The fourth-order valence-electron chi connectivity index (χ4n) is 1.53. The number of carboxylic acid groups (broad SMARTS) is 1. The fraction of sp³-hybridized carbons (Fsp3) is 0.214. The van der Waals surface area contributed by atoms with Crippen LogP contribution in [-0.2, 0) is 0 Å². The van der Waals surface area contributed by atoms with E-state index in [1.807, 2.05) is 24.3 Å². The largest absolute Gasteiger partial charge is 0.475 e. The van der Waals surface area contributed by atoms with Gasteiger partial charge in [-0.25, -0.2) is 4.79 Å². The number of benzene rings is 1. The van der Waals surface area contributed by atoms with E-state index >= 15 is 0 Å². The number of hydrogen-bond acceptors (Lipinski definition) is 3. The molecule has 94 valence electrons. The minimum Gasteiger partial charge on any atom is -0.475 e. The Balaban J connectivity index is 2.10. The quantitative estimate of drug-likeness (QED) is 0.888. The lowest BCUT2D eigenvalue weighted by atomic mass is 10.0. The molecule has 0 unspecified atom stereocenters. The molecule has 18 heavy (non-hydrogen) atoms. The fourth-order valence-corrected chi connectivity index (χ4v) is 1.53. The lowest BCUT2D eigenvalue weighted by molar-refractivity contribution is 0.0657. The molecule has 0 aliphatic carbocycles. The van der Waals surface area contributed by atoms with Crippen molar-refractivity contribution in [2.75, 3.05) is 0 Å². The number of carbonyl (C=O) groups is 1. The van der Waals surface area contributed by atoms with Gasteiger partial charge in [-0.3, -0.25) is 0 Å². The molecule has 0 spiro atoms. The Labute approximate surface area is 105 Å². The summed E-state index contributed by atoms with van der Waals surface area (Å²) in [7, 11) is 0. The van der Waals surface area contributed by atoms with Gasteiger partial charge in [-0.1, -0.05) is 26.0 Å². The average Bonchev–Trinajstić information content (AvgIpc) is 2.78. The maximum absolute atomic E-state index is 10.6. The van der Waals surface area contributed by atoms with E-state index in [0.717, 1.165) is 0 Å². The van der Waals surface area contributed by atoms with Crippen LogP contribution in [0.1, 0.15) is 35.9 Å². The molecule has 1 heterocycles. The molecular formula is C14H14O4. The average molecular weight is 246 g/mol. The minimum absolute atomic E-state index is 0.135. The van der Waals surface area contributed by atoms with Gasteiger partial charge in [-0.15, -0.1) is 0 Å². The Bertz CT molecular complexity index is 537. The molecule has 4 heteroatoms. The first-order valence-corrected chi connectivity index (χ1v) is 5.67. The first-order valence-electron chi connectivity index (χ1n) is 5.67. The van der Waals surface area contributed by atoms with Gasteiger partial charge in [0.1, 0.15) is 5.75 Å². The molecule has 0 aliphatic heterocycles. The number of rotatable bonds is 4. The van der Waals surface area contributed by atoms with E-state index in [4.69, 9.17) is 14.3 Å². The Morgan fingerprint density at radius 1 is 1.17 bits per heavy atom. The maximum Gasteiger partial charge on any atom is 0.371 e. The third-order valence-corrected chi connectivity index (χ3v) is 2.56. The van der Waals surface area contributed by atoms with E-state index in [2.05, 4.69) is 13.8 Å². The lowest BCUT2D eigenvalue weighted by Gasteiger charge is -2.06. The summed E-state index contributed by atoms with van der Waals surface area (Å²) < 4.78 is 10.4. The summed E-state index contributed by atoms with van der Waals surface area (Å²) in [4.78, 5) is 10.6. The van der Waals surface area contributed by atoms with Gasteiger partial charge >= 0.3 is 5.97 Å². The molecular weight excluding hydrogens is 232 g/mol. The Hall–Kier alpha value is -2.23. The Morgan fingerprint density at radius 3 is 2.33 bits per heavy atom. The van der Waals surface area contributed by atoms with Gasteiger partial charge in [0.2, 0.25) is 5.76 Å². The van der Waals surface area contributed by atoms with Gasteiger partial charge in [0.15, 0.2) is 0 Å². The van der Waals surface area contributed by atoms with Gasteiger partial charge in [0.05, 0.1) is 0 Å². The first kappa shape index (κ1) is 12.2. The van der Waals surface area contributed by atoms with E-state index in [0.29, 0.717) is 11.7 Å². The van der Waals surface area contributed by atoms with E-state index in [9.17, 15) is 4.79 Å². The number of aromatic carboxylic acids is 1. The highest BCUT2D eigenvalue weighted by Crippen LogP contribution is 2.25. The molecule has 0 aliphatic rings. The van der Waals surface area contributed by atoms with Crippen molar-refractivity contribution in [1.29, 1.82) is 0 Å². The number of hydrogen-bond donors (Lipinski definition) is 1. The molecule has 0 saturated carbocycles. The van der Waals surface area contributed by atoms with Crippen molar-refractivity contribution in [3.63, 3.8) is 0 Å². The van der Waals surface area contributed by atoms with Crippen LogP contribution in [0.5, 0.6) is 11.7 Å². The molecule has 0 saturated heterocycles. The maximum atomic E-state index is 10.6. The van der Waals surface area contributed by atoms with Crippen molar-refractivity contribution in [1.82, 2.24) is 0 Å². The second kappa shape index (κ2) is 4.96. The first-order chi connectivity index (χ1) is 8.56. The predicted molar refractivity (Wildman–Crippen MR) is 66.3 cm³/mol. The zero-order chi connectivity index (χ0) is 13.1. The molecule has 0 atom stereocenters. The van der Waals surface area contributed by atoms with Crippen LogP contribution < -0.4 is 4.74 Å². The van der Waals surface area contributed by atoms with Crippen molar-refractivity contribution in [3.8, 4) is 11.7 Å². The molecule has 2 rings (SSSR count). The lowest BCUT2D eigenvalue weighted by Crippen LogP contribution is -1.91. The van der Waals surface area contributed by atoms with Crippen molar-refractivity contribution in [2.24, 2.45) is 0 Å². The summed E-state index contributed by atoms with van der Waals surface area (Å²) in [6, 6.07) is 10.5. The van der Waals surface area contributed by atoms with Gasteiger partial charge in [0, 0.05) is 6.07 Å². The Morgan fingerprint density at radius 2 is 1.83 bits per heavy atom. The minimum atomic E-state index is -1.11. The van der Waals surface area contributed by atoms with Crippen LogP contribution in [0, 0.1) is 0 Å². The third kappa shape index (κ3) is 2.71. The van der Waals surface area contributed by atoms with Gasteiger partial charge in [0.25, 0.3) is 5.95 Å². The number of ether oxygens (including phenoxy) is 1. The molecule has 0 bridgehead atoms. The molecule has 1 N–H and O–H groups in total. The summed E-state index contributed by atoms with van der Waals surface area (Å²) >= 11 is 0. The SMILES string of the molecule is CC(C)c1ccc(Oc2ccc(C(=O)O)o2)cc1. The summed E-state index contributed by atoms with van der Waals surface area (Å²) in [6.07, 6.45) is 0. The van der Waals surface area contributed by atoms with Crippen LogP contribution in [0.25, 0.3) is 0 Å². The topological polar surface area (TPSA) is 59.7 Å². The van der Waals surface area contributed by atoms with Crippen molar-refractivity contribution >= 4 is 5.97 Å². The van der Waals surface area contributed by atoms with E-state index in [1.165, 1.54) is 17.7 Å². The van der Waals surface area contributed by atoms with Gasteiger partial charge < -0.3 is 14.3 Å². The third-order valence-electron chi connectivity index (χ3n) is 2.56. The molecule has 0 radical (unpaired) electrons. The smallest absolute Gasteiger partial charge is 0.371 e. The van der Waals surface area contributed by atoms with Crippen molar-refractivity contribution in [3.05, 3.63) is 47.7 Å². The molecule has 2 aromatic rings. The summed E-state index contributed by atoms with van der Waals surface area (Å²) in [5, 5.41) is 8.71. The van der Waals surface area contributed by atoms with Crippen LogP contribution in [0.15, 0.2) is 40.8 Å². The predicted octanol–water partition coefficient (Wildman–Crippen LogP) is 3.89. The molecule has 1 aromatic heterocycles.